The van der Waals surface area contributed by atoms with Crippen molar-refractivity contribution in [2.45, 2.75) is 19.9 Å². The first kappa shape index (κ1) is 11.2. The van der Waals surface area contributed by atoms with Gasteiger partial charge in [-0.25, -0.2) is 0 Å². The van der Waals surface area contributed by atoms with E-state index < -0.39 is 0 Å². The fourth-order valence-electron chi connectivity index (χ4n) is 1.44. The summed E-state index contributed by atoms with van der Waals surface area (Å²) in [6, 6.07) is 8.66. The molecule has 78 valence electrons. The largest absolute Gasteiger partial charge is 0.395 e. The maximum atomic E-state index is 8.76. The third-order valence-electron chi connectivity index (χ3n) is 2.37. The second-order valence-electron chi connectivity index (χ2n) is 3.63. The van der Waals surface area contributed by atoms with Crippen molar-refractivity contribution in [3.8, 4) is 0 Å². The average molecular weight is 193 g/mol. The van der Waals surface area contributed by atoms with Gasteiger partial charge in [0.1, 0.15) is 0 Å². The summed E-state index contributed by atoms with van der Waals surface area (Å²) in [7, 11) is 2.02. The van der Waals surface area contributed by atoms with Crippen LogP contribution in [0.1, 0.15) is 18.1 Å². The first-order chi connectivity index (χ1) is 6.76. The molecule has 0 aromatic heterocycles. The van der Waals surface area contributed by atoms with E-state index in [-0.39, 0.29) is 6.61 Å². The smallest absolute Gasteiger partial charge is 0.0558 e. The van der Waals surface area contributed by atoms with Gasteiger partial charge in [0, 0.05) is 13.1 Å². The van der Waals surface area contributed by atoms with Crippen molar-refractivity contribution in [3.63, 3.8) is 0 Å². The van der Waals surface area contributed by atoms with Gasteiger partial charge in [-0.2, -0.15) is 0 Å². The first-order valence-corrected chi connectivity index (χ1v) is 5.13. The van der Waals surface area contributed by atoms with E-state index in [1.807, 2.05) is 7.05 Å². The van der Waals surface area contributed by atoms with E-state index >= 15 is 0 Å². The molecule has 2 nitrogen and oxygen atoms in total. The lowest BCUT2D eigenvalue weighted by molar-refractivity contribution is 0.217. The Hall–Kier alpha value is -0.860. The van der Waals surface area contributed by atoms with E-state index in [9.17, 15) is 0 Å². The average Bonchev–Trinajstić information content (AvgIpc) is 2.19. The van der Waals surface area contributed by atoms with Gasteiger partial charge in [-0.3, -0.25) is 4.90 Å². The van der Waals surface area contributed by atoms with Crippen molar-refractivity contribution < 1.29 is 5.11 Å². The van der Waals surface area contributed by atoms with Gasteiger partial charge >= 0.3 is 0 Å². The van der Waals surface area contributed by atoms with Gasteiger partial charge in [-0.15, -0.1) is 0 Å². The summed E-state index contributed by atoms with van der Waals surface area (Å²) in [5.74, 6) is 0. The maximum Gasteiger partial charge on any atom is 0.0558 e. The first-order valence-electron chi connectivity index (χ1n) is 5.13. The van der Waals surface area contributed by atoms with Crippen molar-refractivity contribution in [3.05, 3.63) is 35.4 Å². The molecule has 0 heterocycles. The Labute approximate surface area is 86.2 Å². The van der Waals surface area contributed by atoms with Crippen molar-refractivity contribution >= 4 is 0 Å². The molecule has 1 aromatic rings. The van der Waals surface area contributed by atoms with Crippen LogP contribution in [0.4, 0.5) is 0 Å². The molecule has 0 aliphatic rings. The summed E-state index contributed by atoms with van der Waals surface area (Å²) >= 11 is 0. The minimum absolute atomic E-state index is 0.226. The van der Waals surface area contributed by atoms with Gasteiger partial charge < -0.3 is 5.11 Å². The minimum atomic E-state index is 0.226. The monoisotopic (exact) mass is 193 g/mol. The highest BCUT2D eigenvalue weighted by molar-refractivity contribution is 5.22. The van der Waals surface area contributed by atoms with Crippen molar-refractivity contribution in [1.29, 1.82) is 0 Å². The molecule has 0 fully saturated rings. The van der Waals surface area contributed by atoms with Gasteiger partial charge in [0.15, 0.2) is 0 Å². The van der Waals surface area contributed by atoms with Crippen LogP contribution in [0, 0.1) is 0 Å². The zero-order valence-electron chi connectivity index (χ0n) is 9.03. The van der Waals surface area contributed by atoms with E-state index in [1.165, 1.54) is 11.1 Å². The number of likely N-dealkylation sites (N-methyl/N-ethyl adjacent to an activating group) is 1. The highest BCUT2D eigenvalue weighted by atomic mass is 16.3. The normalized spacial score (nSPS) is 10.9. The molecule has 0 saturated carbocycles. The van der Waals surface area contributed by atoms with Crippen molar-refractivity contribution in [1.82, 2.24) is 4.90 Å². The molecule has 0 aliphatic heterocycles. The Bertz CT molecular complexity index is 256. The molecule has 2 heteroatoms. The molecule has 0 saturated heterocycles. The SMILES string of the molecule is CCc1ccc(CN(C)CCO)cc1. The Morgan fingerprint density at radius 1 is 1.14 bits per heavy atom. The number of aryl methyl sites for hydroxylation is 1. The predicted molar refractivity (Wildman–Crippen MR) is 59.2 cm³/mol. The lowest BCUT2D eigenvalue weighted by Crippen LogP contribution is -2.21. The number of aliphatic hydroxyl groups excluding tert-OH is 1. The van der Waals surface area contributed by atoms with Gasteiger partial charge in [0.25, 0.3) is 0 Å². The van der Waals surface area contributed by atoms with Crippen LogP contribution in [0.15, 0.2) is 24.3 Å². The summed E-state index contributed by atoms with van der Waals surface area (Å²) in [5, 5.41) is 8.76. The van der Waals surface area contributed by atoms with Gasteiger partial charge in [-0.05, 0) is 24.6 Å². The summed E-state index contributed by atoms with van der Waals surface area (Å²) in [6.45, 7) is 4.02. The zero-order chi connectivity index (χ0) is 10.4. The Morgan fingerprint density at radius 2 is 1.71 bits per heavy atom. The molecule has 14 heavy (non-hydrogen) atoms. The van der Waals surface area contributed by atoms with Crippen molar-refractivity contribution in [2.24, 2.45) is 0 Å². The van der Waals surface area contributed by atoms with Crippen molar-refractivity contribution in [2.75, 3.05) is 20.2 Å². The molecule has 0 spiro atoms. The number of nitrogens with zero attached hydrogens (tertiary/aromatic N) is 1. The molecule has 0 aliphatic carbocycles. The van der Waals surface area contributed by atoms with Crippen LogP contribution in [-0.4, -0.2) is 30.2 Å². The minimum Gasteiger partial charge on any atom is -0.395 e. The van der Waals surface area contributed by atoms with E-state index in [4.69, 9.17) is 5.11 Å². The lowest BCUT2D eigenvalue weighted by atomic mass is 10.1. The van der Waals surface area contributed by atoms with E-state index in [0.717, 1.165) is 19.5 Å². The van der Waals surface area contributed by atoms with Crippen LogP contribution >= 0.6 is 0 Å². The third-order valence-corrected chi connectivity index (χ3v) is 2.37. The van der Waals surface area contributed by atoms with Crippen LogP contribution in [0.25, 0.3) is 0 Å². The second-order valence-corrected chi connectivity index (χ2v) is 3.63. The molecular formula is C12H19NO. The second kappa shape index (κ2) is 5.78. The number of rotatable bonds is 5. The number of hydrogen-bond donors (Lipinski definition) is 1. The van der Waals surface area contributed by atoms with Gasteiger partial charge in [0.2, 0.25) is 0 Å². The van der Waals surface area contributed by atoms with Crippen LogP contribution in [0.5, 0.6) is 0 Å². The number of aliphatic hydroxyl groups is 1. The molecule has 0 radical (unpaired) electrons. The molecule has 0 amide bonds. The maximum absolute atomic E-state index is 8.76. The van der Waals surface area contributed by atoms with Crippen LogP contribution < -0.4 is 0 Å². The Kier molecular flexibility index (Phi) is 4.63. The van der Waals surface area contributed by atoms with E-state index in [1.54, 1.807) is 0 Å². The Balaban J connectivity index is 2.50. The topological polar surface area (TPSA) is 23.5 Å². The molecule has 1 aromatic carbocycles. The number of hydrogen-bond acceptors (Lipinski definition) is 2. The van der Waals surface area contributed by atoms with Crippen LogP contribution in [0.3, 0.4) is 0 Å². The molecule has 1 rings (SSSR count). The Morgan fingerprint density at radius 3 is 2.21 bits per heavy atom. The van der Waals surface area contributed by atoms with E-state index in [0.29, 0.717) is 0 Å². The van der Waals surface area contributed by atoms with Crippen LogP contribution in [0.2, 0.25) is 0 Å². The molecule has 0 bridgehead atoms. The molecule has 0 unspecified atom stereocenters. The standard InChI is InChI=1S/C12H19NO/c1-3-11-4-6-12(7-5-11)10-13(2)8-9-14/h4-7,14H,3,8-10H2,1-2H3. The summed E-state index contributed by atoms with van der Waals surface area (Å²) < 4.78 is 0. The molecular weight excluding hydrogens is 174 g/mol. The fraction of sp³-hybridized carbons (Fsp3) is 0.500. The summed E-state index contributed by atoms with van der Waals surface area (Å²) in [6.07, 6.45) is 1.09. The zero-order valence-corrected chi connectivity index (χ0v) is 9.03. The highest BCUT2D eigenvalue weighted by Crippen LogP contribution is 2.06. The lowest BCUT2D eigenvalue weighted by Gasteiger charge is -2.14. The number of benzene rings is 1. The predicted octanol–water partition coefficient (Wildman–Crippen LogP) is 1.67. The quantitative estimate of drug-likeness (QED) is 0.769. The van der Waals surface area contributed by atoms with Gasteiger partial charge in [-0.1, -0.05) is 31.2 Å². The summed E-state index contributed by atoms with van der Waals surface area (Å²) in [5.41, 5.74) is 2.68. The molecule has 1 N–H and O–H groups in total. The van der Waals surface area contributed by atoms with Gasteiger partial charge in [0.05, 0.1) is 6.61 Å². The van der Waals surface area contributed by atoms with E-state index in [2.05, 4.69) is 36.1 Å². The molecule has 0 atom stereocenters. The highest BCUT2D eigenvalue weighted by Gasteiger charge is 1.98. The summed E-state index contributed by atoms with van der Waals surface area (Å²) in [4.78, 5) is 2.11. The fourth-order valence-corrected chi connectivity index (χ4v) is 1.44. The third kappa shape index (κ3) is 3.48. The van der Waals surface area contributed by atoms with Crippen LogP contribution in [-0.2, 0) is 13.0 Å².